The molecule has 9 nitrogen and oxygen atoms in total. The molecule has 1 atom stereocenters. The fourth-order valence-corrected chi connectivity index (χ4v) is 1.12. The average molecular weight is 243 g/mol. The van der Waals surface area contributed by atoms with E-state index in [-0.39, 0.29) is 4.57 Å². The molecular formula is C8H9N3O6. The highest BCUT2D eigenvalue weighted by Gasteiger charge is 2.16. The van der Waals surface area contributed by atoms with Crippen LogP contribution in [0.3, 0.4) is 0 Å². The number of carboxylic acid groups (broad SMARTS) is 2. The molecule has 0 aliphatic rings. The third-order valence-corrected chi connectivity index (χ3v) is 1.96. The highest BCUT2D eigenvalue weighted by molar-refractivity contribution is 5.73. The summed E-state index contributed by atoms with van der Waals surface area (Å²) in [5.41, 5.74) is 3.02. The van der Waals surface area contributed by atoms with Gasteiger partial charge in [-0.05, 0) is 0 Å². The number of carbonyl (C=O) groups is 2. The standard InChI is InChI=1S/C8H9N3O6/c9-4(6(13)14)3-10-2-1-5(12)11(7(10)15)8(16)17/h1-2,4H,3,9H2,(H,13,14)(H,16,17). The van der Waals surface area contributed by atoms with Crippen molar-refractivity contribution in [1.82, 2.24) is 9.13 Å². The second-order valence-corrected chi connectivity index (χ2v) is 3.15. The predicted molar refractivity (Wildman–Crippen MR) is 54.0 cm³/mol. The second-order valence-electron chi connectivity index (χ2n) is 3.15. The zero-order valence-electron chi connectivity index (χ0n) is 8.44. The molecule has 1 aromatic rings. The van der Waals surface area contributed by atoms with E-state index in [2.05, 4.69) is 0 Å². The lowest BCUT2D eigenvalue weighted by atomic mass is 10.3. The van der Waals surface area contributed by atoms with Gasteiger partial charge in [0.1, 0.15) is 6.04 Å². The predicted octanol–water partition coefficient (Wildman–Crippen LogP) is -2.05. The number of hydrogen-bond donors (Lipinski definition) is 3. The fourth-order valence-electron chi connectivity index (χ4n) is 1.12. The van der Waals surface area contributed by atoms with Gasteiger partial charge in [-0.1, -0.05) is 0 Å². The lowest BCUT2D eigenvalue weighted by Gasteiger charge is -2.09. The van der Waals surface area contributed by atoms with Crippen molar-refractivity contribution in [2.45, 2.75) is 12.6 Å². The van der Waals surface area contributed by atoms with Gasteiger partial charge in [0.05, 0.1) is 6.54 Å². The molecule has 4 N–H and O–H groups in total. The smallest absolute Gasteiger partial charge is 0.422 e. The number of hydrogen-bond acceptors (Lipinski definition) is 5. The minimum Gasteiger partial charge on any atom is -0.480 e. The largest absolute Gasteiger partial charge is 0.480 e. The summed E-state index contributed by atoms with van der Waals surface area (Å²) in [5, 5.41) is 17.2. The Bertz CT molecular complexity index is 571. The maximum Gasteiger partial charge on any atom is 0.422 e. The first-order chi connectivity index (χ1) is 7.84. The molecule has 1 rings (SSSR count). The van der Waals surface area contributed by atoms with Crippen molar-refractivity contribution in [2.24, 2.45) is 5.73 Å². The van der Waals surface area contributed by atoms with Crippen LogP contribution in [0.4, 0.5) is 4.79 Å². The Hall–Kier alpha value is -2.42. The van der Waals surface area contributed by atoms with Crippen molar-refractivity contribution in [3.63, 3.8) is 0 Å². The summed E-state index contributed by atoms with van der Waals surface area (Å²) in [6.07, 6.45) is -0.745. The Balaban J connectivity index is 3.25. The van der Waals surface area contributed by atoms with Crippen LogP contribution < -0.4 is 17.0 Å². The van der Waals surface area contributed by atoms with Crippen molar-refractivity contribution in [3.8, 4) is 0 Å². The van der Waals surface area contributed by atoms with Gasteiger partial charge in [0, 0.05) is 12.3 Å². The Morgan fingerprint density at radius 3 is 2.41 bits per heavy atom. The van der Waals surface area contributed by atoms with Gasteiger partial charge in [-0.3, -0.25) is 14.2 Å². The molecule has 0 aromatic carbocycles. The summed E-state index contributed by atoms with van der Waals surface area (Å²) >= 11 is 0. The van der Waals surface area contributed by atoms with Crippen LogP contribution in [0.5, 0.6) is 0 Å². The van der Waals surface area contributed by atoms with Crippen molar-refractivity contribution in [3.05, 3.63) is 33.1 Å². The lowest BCUT2D eigenvalue weighted by Crippen LogP contribution is -2.46. The molecule has 0 bridgehead atoms. The molecule has 0 fully saturated rings. The van der Waals surface area contributed by atoms with Gasteiger partial charge in [0.25, 0.3) is 5.56 Å². The van der Waals surface area contributed by atoms with E-state index in [1.165, 1.54) is 0 Å². The number of nitrogens with two attached hydrogens (primary N) is 1. The van der Waals surface area contributed by atoms with E-state index in [9.17, 15) is 19.2 Å². The minimum atomic E-state index is -1.74. The van der Waals surface area contributed by atoms with Crippen molar-refractivity contribution < 1.29 is 19.8 Å². The van der Waals surface area contributed by atoms with E-state index in [1.54, 1.807) is 0 Å². The van der Waals surface area contributed by atoms with Gasteiger partial charge in [-0.2, -0.15) is 4.57 Å². The van der Waals surface area contributed by atoms with Gasteiger partial charge < -0.3 is 15.9 Å². The second kappa shape index (κ2) is 4.61. The van der Waals surface area contributed by atoms with Crippen LogP contribution in [0.15, 0.2) is 21.9 Å². The first-order valence-electron chi connectivity index (χ1n) is 4.38. The van der Waals surface area contributed by atoms with Gasteiger partial charge in [-0.25, -0.2) is 9.59 Å². The zero-order chi connectivity index (χ0) is 13.2. The number of aliphatic carboxylic acids is 1. The normalized spacial score (nSPS) is 12.1. The van der Waals surface area contributed by atoms with E-state index in [0.29, 0.717) is 0 Å². The quantitative estimate of drug-likeness (QED) is 0.553. The third kappa shape index (κ3) is 2.58. The first kappa shape index (κ1) is 12.6. The Morgan fingerprint density at radius 1 is 1.35 bits per heavy atom. The van der Waals surface area contributed by atoms with Gasteiger partial charge in [-0.15, -0.1) is 0 Å². The van der Waals surface area contributed by atoms with Crippen molar-refractivity contribution in [2.75, 3.05) is 0 Å². The summed E-state index contributed by atoms with van der Waals surface area (Å²) in [6, 6.07) is -0.531. The zero-order valence-corrected chi connectivity index (χ0v) is 8.44. The van der Waals surface area contributed by atoms with E-state index in [4.69, 9.17) is 15.9 Å². The molecule has 1 heterocycles. The Morgan fingerprint density at radius 2 is 1.94 bits per heavy atom. The molecule has 17 heavy (non-hydrogen) atoms. The first-order valence-corrected chi connectivity index (χ1v) is 4.38. The molecule has 0 radical (unpaired) electrons. The fraction of sp³-hybridized carbons (Fsp3) is 0.250. The van der Waals surface area contributed by atoms with E-state index in [0.717, 1.165) is 16.8 Å². The maximum atomic E-state index is 11.5. The van der Waals surface area contributed by atoms with Crippen LogP contribution in [0.2, 0.25) is 0 Å². The van der Waals surface area contributed by atoms with Crippen molar-refractivity contribution in [1.29, 1.82) is 0 Å². The van der Waals surface area contributed by atoms with Gasteiger partial charge >= 0.3 is 17.8 Å². The maximum absolute atomic E-state index is 11.5. The van der Waals surface area contributed by atoms with Crippen LogP contribution in [-0.4, -0.2) is 37.5 Å². The highest BCUT2D eigenvalue weighted by atomic mass is 16.4. The van der Waals surface area contributed by atoms with Crippen molar-refractivity contribution >= 4 is 12.1 Å². The average Bonchev–Trinajstić information content (AvgIpc) is 2.21. The third-order valence-electron chi connectivity index (χ3n) is 1.96. The monoisotopic (exact) mass is 243 g/mol. The lowest BCUT2D eigenvalue weighted by molar-refractivity contribution is -0.138. The molecule has 1 aromatic heterocycles. The number of carboxylic acids is 1. The summed E-state index contributed by atoms with van der Waals surface area (Å²) < 4.78 is 0.711. The number of aromatic nitrogens is 2. The van der Waals surface area contributed by atoms with Gasteiger partial charge in [0.15, 0.2) is 0 Å². The molecule has 0 aliphatic heterocycles. The van der Waals surface area contributed by atoms with E-state index in [1.807, 2.05) is 0 Å². The van der Waals surface area contributed by atoms with Crippen LogP contribution in [-0.2, 0) is 11.3 Å². The molecule has 1 unspecified atom stereocenters. The molecule has 0 spiro atoms. The number of nitrogens with zero attached hydrogens (tertiary/aromatic N) is 2. The summed E-state index contributed by atoms with van der Waals surface area (Å²) in [5.74, 6) is -1.34. The molecule has 0 saturated carbocycles. The number of rotatable bonds is 3. The van der Waals surface area contributed by atoms with E-state index >= 15 is 0 Å². The topological polar surface area (TPSA) is 145 Å². The summed E-state index contributed by atoms with van der Waals surface area (Å²) in [7, 11) is 0. The van der Waals surface area contributed by atoms with Crippen LogP contribution in [0.1, 0.15) is 0 Å². The molecule has 0 aliphatic carbocycles. The Labute approximate surface area is 93.3 Å². The molecule has 0 saturated heterocycles. The molecule has 92 valence electrons. The SMILES string of the molecule is NC(Cn1ccc(=O)n(C(=O)O)c1=O)C(=O)O. The molecule has 9 heteroatoms. The van der Waals surface area contributed by atoms with Crippen LogP contribution >= 0.6 is 0 Å². The van der Waals surface area contributed by atoms with Crippen LogP contribution in [0, 0.1) is 0 Å². The summed E-state index contributed by atoms with van der Waals surface area (Å²) in [4.78, 5) is 43.7. The Kier molecular flexibility index (Phi) is 3.43. The van der Waals surface area contributed by atoms with Crippen LogP contribution in [0.25, 0.3) is 0 Å². The molecular weight excluding hydrogens is 234 g/mol. The molecule has 0 amide bonds. The minimum absolute atomic E-state index is 0.0332. The van der Waals surface area contributed by atoms with Gasteiger partial charge in [0.2, 0.25) is 0 Å². The highest BCUT2D eigenvalue weighted by Crippen LogP contribution is 1.85. The summed E-state index contributed by atoms with van der Waals surface area (Å²) in [6.45, 7) is -0.429. The van der Waals surface area contributed by atoms with E-state index < -0.39 is 35.9 Å².